The number of nitrogens with two attached hydrogens (primary N) is 1. The molecule has 9 heteroatoms. The average molecular weight is 403 g/mol. The quantitative estimate of drug-likeness (QED) is 0.522. The molecule has 0 amide bonds. The number of Topliss-reactive ketones (excluding diaryl/α,β-unsaturated/α-hetero) is 1. The van der Waals surface area contributed by atoms with Crippen LogP contribution < -0.4 is 5.73 Å². The molecule has 1 atom stereocenters. The molecular formula is C19H17NO7S. The highest BCUT2D eigenvalue weighted by atomic mass is 32.2. The average Bonchev–Trinajstić information content (AvgIpc) is 2.95. The van der Waals surface area contributed by atoms with Crippen LogP contribution in [0.1, 0.15) is 22.8 Å². The van der Waals surface area contributed by atoms with E-state index in [0.717, 1.165) is 0 Å². The van der Waals surface area contributed by atoms with Gasteiger partial charge >= 0.3 is 10.1 Å². The summed E-state index contributed by atoms with van der Waals surface area (Å²) in [4.78, 5) is 22.8. The lowest BCUT2D eigenvalue weighted by Crippen LogP contribution is -2.16. The minimum atomic E-state index is -4.09. The van der Waals surface area contributed by atoms with Crippen LogP contribution in [0.25, 0.3) is 0 Å². The fraction of sp³-hybridized carbons (Fsp3) is 0.158. The van der Waals surface area contributed by atoms with Gasteiger partial charge in [-0.2, -0.15) is 8.42 Å². The van der Waals surface area contributed by atoms with E-state index in [9.17, 15) is 18.0 Å². The fourth-order valence-electron chi connectivity index (χ4n) is 2.63. The van der Waals surface area contributed by atoms with Gasteiger partial charge in [-0.1, -0.05) is 54.6 Å². The van der Waals surface area contributed by atoms with Crippen molar-refractivity contribution in [2.24, 2.45) is 5.73 Å². The Hall–Kier alpha value is -3.33. The number of carbonyl (C=O) groups excluding carboxylic acids is 2. The highest BCUT2D eigenvalue weighted by Crippen LogP contribution is 2.32. The fourth-order valence-corrected chi connectivity index (χ4v) is 3.71. The van der Waals surface area contributed by atoms with Crippen molar-refractivity contribution in [2.75, 3.05) is 0 Å². The summed E-state index contributed by atoms with van der Waals surface area (Å²) < 4.78 is 39.5. The molecule has 0 spiro atoms. The maximum atomic E-state index is 12.6. The van der Waals surface area contributed by atoms with Gasteiger partial charge in [0.05, 0.1) is 0 Å². The van der Waals surface area contributed by atoms with Crippen LogP contribution in [0.15, 0.2) is 66.2 Å². The van der Waals surface area contributed by atoms with Crippen LogP contribution in [-0.2, 0) is 45.7 Å². The molecule has 28 heavy (non-hydrogen) atoms. The summed E-state index contributed by atoms with van der Waals surface area (Å²) in [6, 6.07) is 14.9. The molecule has 146 valence electrons. The Morgan fingerprint density at radius 2 is 1.71 bits per heavy atom. The van der Waals surface area contributed by atoms with Crippen molar-refractivity contribution in [2.45, 2.75) is 18.5 Å². The smallest absolute Gasteiger partial charge is 0.313 e. The highest BCUT2D eigenvalue weighted by molar-refractivity contribution is 7.86. The number of ether oxygens (including phenoxy) is 2. The first kappa shape index (κ1) is 19.4. The lowest BCUT2D eigenvalue weighted by atomic mass is 10.0. The van der Waals surface area contributed by atoms with Crippen molar-refractivity contribution < 1.29 is 31.7 Å². The maximum absolute atomic E-state index is 12.6. The lowest BCUT2D eigenvalue weighted by Gasteiger charge is -2.10. The second kappa shape index (κ2) is 8.13. The first-order chi connectivity index (χ1) is 13.4. The third-order valence-corrected chi connectivity index (χ3v) is 5.04. The zero-order chi connectivity index (χ0) is 20.1. The summed E-state index contributed by atoms with van der Waals surface area (Å²) in [5, 5.41) is 0. The monoisotopic (exact) mass is 403 g/mol. The molecule has 0 radical (unpaired) electrons. The van der Waals surface area contributed by atoms with E-state index in [2.05, 4.69) is 4.74 Å². The number of ketones is 1. The minimum Gasteiger partial charge on any atom is -0.463 e. The Morgan fingerprint density at radius 3 is 2.36 bits per heavy atom. The molecule has 0 fully saturated rings. The summed E-state index contributed by atoms with van der Waals surface area (Å²) >= 11 is 0. The molecule has 0 bridgehead atoms. The molecule has 0 saturated carbocycles. The highest BCUT2D eigenvalue weighted by Gasteiger charge is 2.39. The molecule has 8 nitrogen and oxygen atoms in total. The van der Waals surface area contributed by atoms with E-state index in [0.29, 0.717) is 23.2 Å². The topological polar surface area (TPSA) is 122 Å². The third-order valence-electron chi connectivity index (χ3n) is 3.93. The van der Waals surface area contributed by atoms with Gasteiger partial charge in [-0.3, -0.25) is 9.59 Å². The van der Waals surface area contributed by atoms with Gasteiger partial charge in [0.25, 0.3) is 6.47 Å². The normalized spacial score (nSPS) is 16.6. The van der Waals surface area contributed by atoms with E-state index < -0.39 is 33.5 Å². The Kier molecular flexibility index (Phi) is 5.65. The van der Waals surface area contributed by atoms with Gasteiger partial charge in [-0.15, -0.1) is 0 Å². The van der Waals surface area contributed by atoms with Gasteiger partial charge in [-0.25, -0.2) is 0 Å². The van der Waals surface area contributed by atoms with E-state index in [1.165, 1.54) is 0 Å². The Morgan fingerprint density at radius 1 is 1.04 bits per heavy atom. The predicted octanol–water partition coefficient (Wildman–Crippen LogP) is 1.67. The van der Waals surface area contributed by atoms with E-state index in [1.807, 2.05) is 0 Å². The van der Waals surface area contributed by atoms with Crippen LogP contribution in [0.4, 0.5) is 0 Å². The Bertz CT molecular complexity index is 998. The molecule has 0 aromatic heterocycles. The van der Waals surface area contributed by atoms with Crippen LogP contribution in [0.2, 0.25) is 0 Å². The summed E-state index contributed by atoms with van der Waals surface area (Å²) in [6.07, 6.45) is -1.11. The van der Waals surface area contributed by atoms with Crippen LogP contribution in [-0.4, -0.2) is 20.7 Å². The van der Waals surface area contributed by atoms with Gasteiger partial charge in [0.2, 0.25) is 17.4 Å². The Labute approximate surface area is 161 Å². The van der Waals surface area contributed by atoms with Crippen molar-refractivity contribution in [3.63, 3.8) is 0 Å². The minimum absolute atomic E-state index is 0.0930. The summed E-state index contributed by atoms with van der Waals surface area (Å²) in [5.74, 6) is -2.02. The van der Waals surface area contributed by atoms with Crippen molar-refractivity contribution in [3.8, 4) is 0 Å². The standard InChI is InChI=1S/C19H17NO7S/c20-19-18(27-28(23,24)11-14-4-2-1-3-5-14)16(22)17(26-19)15-8-6-13(7-9-15)10-25-12-21/h1-9,12,17H,10-11,20H2. The van der Waals surface area contributed by atoms with E-state index in [-0.39, 0.29) is 12.5 Å². The zero-order valence-corrected chi connectivity index (χ0v) is 15.4. The van der Waals surface area contributed by atoms with Gasteiger partial charge in [0.1, 0.15) is 12.4 Å². The number of carbonyl (C=O) groups is 2. The second-order valence-corrected chi connectivity index (χ2v) is 7.55. The molecule has 1 unspecified atom stereocenters. The van der Waals surface area contributed by atoms with Gasteiger partial charge in [0.15, 0.2) is 6.10 Å². The first-order valence-corrected chi connectivity index (χ1v) is 9.78. The zero-order valence-electron chi connectivity index (χ0n) is 14.6. The molecule has 2 aromatic carbocycles. The molecule has 0 saturated heterocycles. The van der Waals surface area contributed by atoms with Crippen molar-refractivity contribution in [1.29, 1.82) is 0 Å². The summed E-state index contributed by atoms with van der Waals surface area (Å²) in [5.41, 5.74) is 7.37. The summed E-state index contributed by atoms with van der Waals surface area (Å²) in [7, 11) is -4.09. The second-order valence-electron chi connectivity index (χ2n) is 5.98. The molecule has 1 aliphatic heterocycles. The number of hydrogen-bond donors (Lipinski definition) is 1. The van der Waals surface area contributed by atoms with Crippen LogP contribution >= 0.6 is 0 Å². The van der Waals surface area contributed by atoms with E-state index in [1.54, 1.807) is 54.6 Å². The Balaban J connectivity index is 1.71. The number of rotatable bonds is 8. The van der Waals surface area contributed by atoms with Gasteiger partial charge < -0.3 is 19.4 Å². The first-order valence-electron chi connectivity index (χ1n) is 8.20. The maximum Gasteiger partial charge on any atom is 0.313 e. The van der Waals surface area contributed by atoms with Crippen LogP contribution in [0.5, 0.6) is 0 Å². The largest absolute Gasteiger partial charge is 0.463 e. The molecular weight excluding hydrogens is 386 g/mol. The lowest BCUT2D eigenvalue weighted by molar-refractivity contribution is -0.129. The van der Waals surface area contributed by atoms with Gasteiger partial charge in [-0.05, 0) is 11.1 Å². The molecule has 0 aliphatic carbocycles. The predicted molar refractivity (Wildman–Crippen MR) is 97.5 cm³/mol. The molecule has 1 aliphatic rings. The molecule has 2 N–H and O–H groups in total. The SMILES string of the molecule is NC1=C(OS(=O)(=O)Cc2ccccc2)C(=O)C(c2ccc(COC=O)cc2)O1. The third kappa shape index (κ3) is 4.49. The van der Waals surface area contributed by atoms with Crippen molar-refractivity contribution >= 4 is 22.4 Å². The van der Waals surface area contributed by atoms with E-state index >= 15 is 0 Å². The van der Waals surface area contributed by atoms with Gasteiger partial charge in [0, 0.05) is 5.56 Å². The molecule has 2 aromatic rings. The summed E-state index contributed by atoms with van der Waals surface area (Å²) in [6.45, 7) is 0.428. The van der Waals surface area contributed by atoms with Crippen LogP contribution in [0, 0.1) is 0 Å². The molecule has 1 heterocycles. The van der Waals surface area contributed by atoms with Crippen molar-refractivity contribution in [3.05, 3.63) is 82.9 Å². The number of benzene rings is 2. The van der Waals surface area contributed by atoms with Crippen LogP contribution in [0.3, 0.4) is 0 Å². The number of hydrogen-bond acceptors (Lipinski definition) is 8. The van der Waals surface area contributed by atoms with E-state index in [4.69, 9.17) is 14.7 Å². The van der Waals surface area contributed by atoms with Crippen molar-refractivity contribution in [1.82, 2.24) is 0 Å². The molecule has 3 rings (SSSR count).